The average Bonchev–Trinajstić information content (AvgIpc) is 2.94. The van der Waals surface area contributed by atoms with E-state index in [4.69, 9.17) is 27.9 Å². The molecule has 0 heterocycles. The van der Waals surface area contributed by atoms with E-state index < -0.39 is 11.9 Å². The Hall–Kier alpha value is -1.84. The number of rotatable bonds is 4. The molecule has 2 aromatic carbocycles. The van der Waals surface area contributed by atoms with Gasteiger partial charge in [-0.15, -0.1) is 0 Å². The van der Waals surface area contributed by atoms with Gasteiger partial charge in [-0.3, -0.25) is 9.59 Å². The Balaban J connectivity index is 2.04. The van der Waals surface area contributed by atoms with Crippen molar-refractivity contribution in [1.82, 2.24) is 0 Å². The second-order valence-electron chi connectivity index (χ2n) is 6.14. The summed E-state index contributed by atoms with van der Waals surface area (Å²) < 4.78 is 5.17. The first kappa shape index (κ1) is 18.0. The summed E-state index contributed by atoms with van der Waals surface area (Å²) in [5.74, 6) is -1.70. The summed E-state index contributed by atoms with van der Waals surface area (Å²) in [4.78, 5) is 25.1. The standard InChI is InChI=1S/C20H18Cl2O3/c1-2-25-20(24)19-17(23)11-16(12-3-7-14(21)8-4-12)18(19)13-5-9-15(22)10-6-13/h3-10,16,18-19H,2,11H2,1H3. The molecular weight excluding hydrogens is 359 g/mol. The summed E-state index contributed by atoms with van der Waals surface area (Å²) in [5.41, 5.74) is 1.90. The molecule has 0 radical (unpaired) electrons. The van der Waals surface area contributed by atoms with Gasteiger partial charge in [0.1, 0.15) is 11.7 Å². The molecule has 0 aromatic heterocycles. The van der Waals surface area contributed by atoms with E-state index >= 15 is 0 Å². The highest BCUT2D eigenvalue weighted by atomic mass is 35.5. The van der Waals surface area contributed by atoms with Gasteiger partial charge in [-0.05, 0) is 48.2 Å². The van der Waals surface area contributed by atoms with Crippen LogP contribution in [0.15, 0.2) is 48.5 Å². The molecule has 3 nitrogen and oxygen atoms in total. The smallest absolute Gasteiger partial charge is 0.317 e. The van der Waals surface area contributed by atoms with E-state index in [1.54, 1.807) is 31.2 Å². The van der Waals surface area contributed by atoms with E-state index in [1.807, 2.05) is 24.3 Å². The van der Waals surface area contributed by atoms with Crippen LogP contribution in [-0.2, 0) is 14.3 Å². The first-order valence-corrected chi connectivity index (χ1v) is 8.97. The number of ether oxygens (including phenoxy) is 1. The topological polar surface area (TPSA) is 43.4 Å². The Kier molecular flexibility index (Phi) is 5.45. The van der Waals surface area contributed by atoms with Crippen molar-refractivity contribution in [3.63, 3.8) is 0 Å². The van der Waals surface area contributed by atoms with Gasteiger partial charge >= 0.3 is 5.97 Å². The molecule has 0 aliphatic heterocycles. The Morgan fingerprint density at radius 2 is 1.52 bits per heavy atom. The molecule has 1 fully saturated rings. The van der Waals surface area contributed by atoms with Gasteiger partial charge in [0.25, 0.3) is 0 Å². The highest BCUT2D eigenvalue weighted by Crippen LogP contribution is 2.48. The molecule has 5 heteroatoms. The summed E-state index contributed by atoms with van der Waals surface area (Å²) in [6.45, 7) is 1.99. The van der Waals surface area contributed by atoms with Crippen LogP contribution < -0.4 is 0 Å². The molecule has 1 aliphatic rings. The number of Topliss-reactive ketones (excluding diaryl/α,β-unsaturated/α-hetero) is 1. The number of carbonyl (C=O) groups is 2. The van der Waals surface area contributed by atoms with Gasteiger partial charge in [-0.2, -0.15) is 0 Å². The summed E-state index contributed by atoms with van der Waals surface area (Å²) in [7, 11) is 0. The lowest BCUT2D eigenvalue weighted by atomic mass is 9.80. The molecule has 1 saturated carbocycles. The zero-order valence-corrected chi connectivity index (χ0v) is 15.3. The minimum Gasteiger partial charge on any atom is -0.465 e. The van der Waals surface area contributed by atoms with Crippen molar-refractivity contribution in [1.29, 1.82) is 0 Å². The summed E-state index contributed by atoms with van der Waals surface area (Å²) >= 11 is 12.0. The maximum absolute atomic E-state index is 12.6. The minimum absolute atomic E-state index is 0.0849. The van der Waals surface area contributed by atoms with E-state index in [2.05, 4.69) is 0 Å². The van der Waals surface area contributed by atoms with Crippen molar-refractivity contribution in [2.24, 2.45) is 5.92 Å². The van der Waals surface area contributed by atoms with E-state index in [9.17, 15) is 9.59 Å². The predicted molar refractivity (Wildman–Crippen MR) is 98.1 cm³/mol. The summed E-state index contributed by atoms with van der Waals surface area (Å²) in [5, 5.41) is 1.25. The first-order valence-electron chi connectivity index (χ1n) is 8.21. The van der Waals surface area contributed by atoms with E-state index in [-0.39, 0.29) is 24.2 Å². The third kappa shape index (κ3) is 3.73. The van der Waals surface area contributed by atoms with Crippen LogP contribution in [0.25, 0.3) is 0 Å². The number of hydrogen-bond acceptors (Lipinski definition) is 3. The second kappa shape index (κ2) is 7.59. The molecule has 25 heavy (non-hydrogen) atoms. The lowest BCUT2D eigenvalue weighted by Crippen LogP contribution is -2.27. The minimum atomic E-state index is -0.790. The molecule has 3 unspecified atom stereocenters. The maximum Gasteiger partial charge on any atom is 0.317 e. The fourth-order valence-corrected chi connectivity index (χ4v) is 3.81. The Morgan fingerprint density at radius 3 is 2.04 bits per heavy atom. The van der Waals surface area contributed by atoms with Gasteiger partial charge in [0, 0.05) is 22.4 Å². The third-order valence-corrected chi connectivity index (χ3v) is 5.16. The molecule has 0 saturated heterocycles. The molecule has 3 atom stereocenters. The molecule has 0 spiro atoms. The number of esters is 1. The third-order valence-electron chi connectivity index (χ3n) is 4.65. The van der Waals surface area contributed by atoms with Gasteiger partial charge < -0.3 is 4.74 Å². The molecule has 2 aromatic rings. The van der Waals surface area contributed by atoms with Gasteiger partial charge in [-0.25, -0.2) is 0 Å². The van der Waals surface area contributed by atoms with Crippen LogP contribution in [0.3, 0.4) is 0 Å². The second-order valence-corrected chi connectivity index (χ2v) is 7.01. The van der Waals surface area contributed by atoms with E-state index in [0.29, 0.717) is 16.5 Å². The number of ketones is 1. The van der Waals surface area contributed by atoms with Crippen molar-refractivity contribution in [2.75, 3.05) is 6.61 Å². The molecule has 0 bridgehead atoms. The van der Waals surface area contributed by atoms with Crippen molar-refractivity contribution in [2.45, 2.75) is 25.2 Å². The SMILES string of the molecule is CCOC(=O)C1C(=O)CC(c2ccc(Cl)cc2)C1c1ccc(Cl)cc1. The van der Waals surface area contributed by atoms with E-state index in [1.165, 1.54) is 0 Å². The number of halogens is 2. The highest BCUT2D eigenvalue weighted by molar-refractivity contribution is 6.30. The first-order chi connectivity index (χ1) is 12.0. The molecule has 1 aliphatic carbocycles. The Bertz CT molecular complexity index is 769. The number of hydrogen-bond donors (Lipinski definition) is 0. The monoisotopic (exact) mass is 376 g/mol. The molecule has 130 valence electrons. The van der Waals surface area contributed by atoms with Gasteiger partial charge in [0.2, 0.25) is 0 Å². The van der Waals surface area contributed by atoms with Crippen molar-refractivity contribution in [3.8, 4) is 0 Å². The maximum atomic E-state index is 12.6. The van der Waals surface area contributed by atoms with Crippen LogP contribution in [0, 0.1) is 5.92 Å². The molecular formula is C20H18Cl2O3. The van der Waals surface area contributed by atoms with Crippen molar-refractivity contribution >= 4 is 35.0 Å². The Labute approximate surface area is 156 Å². The van der Waals surface area contributed by atoms with Crippen LogP contribution in [-0.4, -0.2) is 18.4 Å². The molecule has 0 N–H and O–H groups in total. The van der Waals surface area contributed by atoms with Crippen LogP contribution in [0.5, 0.6) is 0 Å². The van der Waals surface area contributed by atoms with Crippen LogP contribution in [0.1, 0.15) is 36.3 Å². The normalized spacial score (nSPS) is 22.8. The van der Waals surface area contributed by atoms with Gasteiger partial charge in [0.05, 0.1) is 6.61 Å². The van der Waals surface area contributed by atoms with E-state index in [0.717, 1.165) is 11.1 Å². The molecule has 3 rings (SSSR count). The quantitative estimate of drug-likeness (QED) is 0.556. The Morgan fingerprint density at radius 1 is 1.00 bits per heavy atom. The number of benzene rings is 2. The zero-order valence-electron chi connectivity index (χ0n) is 13.7. The van der Waals surface area contributed by atoms with Crippen molar-refractivity contribution in [3.05, 3.63) is 69.7 Å². The lowest BCUT2D eigenvalue weighted by molar-refractivity contribution is -0.151. The lowest BCUT2D eigenvalue weighted by Gasteiger charge is -2.24. The van der Waals surface area contributed by atoms with Gasteiger partial charge in [-0.1, -0.05) is 47.5 Å². The fourth-order valence-electron chi connectivity index (χ4n) is 3.56. The average molecular weight is 377 g/mol. The van der Waals surface area contributed by atoms with Gasteiger partial charge in [0.15, 0.2) is 0 Å². The zero-order chi connectivity index (χ0) is 18.0. The largest absolute Gasteiger partial charge is 0.465 e. The molecule has 0 amide bonds. The highest BCUT2D eigenvalue weighted by Gasteiger charge is 2.48. The number of carbonyl (C=O) groups excluding carboxylic acids is 2. The predicted octanol–water partition coefficient (Wildman–Crippen LogP) is 5.01. The van der Waals surface area contributed by atoms with Crippen LogP contribution in [0.4, 0.5) is 0 Å². The summed E-state index contributed by atoms with van der Waals surface area (Å²) in [6.07, 6.45) is 0.304. The van der Waals surface area contributed by atoms with Crippen molar-refractivity contribution < 1.29 is 14.3 Å². The van der Waals surface area contributed by atoms with Crippen LogP contribution in [0.2, 0.25) is 10.0 Å². The van der Waals surface area contributed by atoms with Crippen LogP contribution >= 0.6 is 23.2 Å². The fraction of sp³-hybridized carbons (Fsp3) is 0.300. The summed E-state index contributed by atoms with van der Waals surface area (Å²) in [6, 6.07) is 14.7.